The first kappa shape index (κ1) is 15.5. The minimum Gasteiger partial charge on any atom is -0.478 e. The summed E-state index contributed by atoms with van der Waals surface area (Å²) < 4.78 is 4.74. The Balaban J connectivity index is 2.01. The molecule has 114 valence electrons. The SMILES string of the molecule is CCOC(=O)CCC(=O)Nc1sc2c(c1C(=O)O)CCC2. The first-order valence-electron chi connectivity index (χ1n) is 6.86. The molecule has 0 radical (unpaired) electrons. The van der Waals surface area contributed by atoms with Crippen molar-refractivity contribution < 1.29 is 24.2 Å². The molecule has 0 saturated heterocycles. The molecule has 6 nitrogen and oxygen atoms in total. The van der Waals surface area contributed by atoms with Gasteiger partial charge in [0.1, 0.15) is 5.00 Å². The zero-order valence-electron chi connectivity index (χ0n) is 11.7. The number of esters is 1. The van der Waals surface area contributed by atoms with E-state index in [1.165, 1.54) is 11.3 Å². The number of aryl methyl sites for hydroxylation is 1. The van der Waals surface area contributed by atoms with Crippen LogP contribution in [0.25, 0.3) is 0 Å². The Labute approximate surface area is 126 Å². The number of anilines is 1. The number of ether oxygens (including phenoxy) is 1. The number of amides is 1. The Morgan fingerprint density at radius 1 is 1.29 bits per heavy atom. The third-order valence-corrected chi connectivity index (χ3v) is 4.46. The number of carboxylic acids is 1. The molecule has 0 fully saturated rings. The Morgan fingerprint density at radius 3 is 2.71 bits per heavy atom. The van der Waals surface area contributed by atoms with Gasteiger partial charge in [0.2, 0.25) is 5.91 Å². The molecule has 1 aromatic heterocycles. The molecule has 0 atom stereocenters. The van der Waals surface area contributed by atoms with Gasteiger partial charge in [0.15, 0.2) is 0 Å². The van der Waals surface area contributed by atoms with Gasteiger partial charge in [-0.25, -0.2) is 4.79 Å². The van der Waals surface area contributed by atoms with Gasteiger partial charge in [0.25, 0.3) is 0 Å². The summed E-state index contributed by atoms with van der Waals surface area (Å²) in [6.45, 7) is 1.98. The van der Waals surface area contributed by atoms with Crippen molar-refractivity contribution in [2.45, 2.75) is 39.0 Å². The summed E-state index contributed by atoms with van der Waals surface area (Å²) in [6, 6.07) is 0. The molecule has 2 rings (SSSR count). The summed E-state index contributed by atoms with van der Waals surface area (Å²) >= 11 is 1.32. The standard InChI is InChI=1S/C14H17NO5S/c1-2-20-11(17)7-6-10(16)15-13-12(14(18)19)8-4-3-5-9(8)21-13/h2-7H2,1H3,(H,15,16)(H,18,19). The number of carboxylic acid groups (broad SMARTS) is 1. The van der Waals surface area contributed by atoms with Crippen molar-refractivity contribution in [3.05, 3.63) is 16.0 Å². The van der Waals surface area contributed by atoms with E-state index in [1.807, 2.05) is 0 Å². The maximum absolute atomic E-state index is 11.8. The molecule has 1 aliphatic carbocycles. The normalized spacial score (nSPS) is 12.8. The molecule has 0 unspecified atom stereocenters. The van der Waals surface area contributed by atoms with Crippen LogP contribution in [0, 0.1) is 0 Å². The van der Waals surface area contributed by atoms with Crippen LogP contribution in [0.15, 0.2) is 0 Å². The van der Waals surface area contributed by atoms with E-state index < -0.39 is 11.9 Å². The highest BCUT2D eigenvalue weighted by atomic mass is 32.1. The van der Waals surface area contributed by atoms with Crippen molar-refractivity contribution in [3.8, 4) is 0 Å². The fraction of sp³-hybridized carbons (Fsp3) is 0.500. The summed E-state index contributed by atoms with van der Waals surface area (Å²) in [5.74, 6) is -1.82. The number of rotatable bonds is 6. The van der Waals surface area contributed by atoms with Gasteiger partial charge in [-0.2, -0.15) is 0 Å². The fourth-order valence-corrected chi connectivity index (χ4v) is 3.65. The number of carbonyl (C=O) groups is 3. The molecule has 1 amide bonds. The second-order valence-electron chi connectivity index (χ2n) is 4.72. The highest BCUT2D eigenvalue weighted by Gasteiger charge is 2.27. The molecule has 0 aromatic carbocycles. The minimum atomic E-state index is -1.02. The molecule has 0 saturated carbocycles. The smallest absolute Gasteiger partial charge is 0.339 e. The van der Waals surface area contributed by atoms with Crippen molar-refractivity contribution in [1.82, 2.24) is 0 Å². The molecule has 0 bridgehead atoms. The van der Waals surface area contributed by atoms with Crippen LogP contribution in [0.4, 0.5) is 5.00 Å². The van der Waals surface area contributed by atoms with Crippen molar-refractivity contribution in [2.24, 2.45) is 0 Å². The lowest BCUT2D eigenvalue weighted by atomic mass is 10.1. The van der Waals surface area contributed by atoms with Crippen LogP contribution in [-0.2, 0) is 27.2 Å². The lowest BCUT2D eigenvalue weighted by Crippen LogP contribution is -2.15. The number of fused-ring (bicyclic) bond motifs is 1. The molecule has 0 spiro atoms. The first-order chi connectivity index (χ1) is 10.0. The molecular weight excluding hydrogens is 294 g/mol. The number of hydrogen-bond acceptors (Lipinski definition) is 5. The van der Waals surface area contributed by atoms with E-state index in [-0.39, 0.29) is 30.9 Å². The number of thiophene rings is 1. The van der Waals surface area contributed by atoms with Crippen LogP contribution in [-0.4, -0.2) is 29.6 Å². The van der Waals surface area contributed by atoms with Crippen LogP contribution in [0.2, 0.25) is 0 Å². The van der Waals surface area contributed by atoms with Gasteiger partial charge in [-0.3, -0.25) is 9.59 Å². The minimum absolute atomic E-state index is 0.00678. The zero-order valence-corrected chi connectivity index (χ0v) is 12.5. The van der Waals surface area contributed by atoms with Crippen molar-refractivity contribution >= 4 is 34.2 Å². The van der Waals surface area contributed by atoms with E-state index in [4.69, 9.17) is 4.74 Å². The fourth-order valence-electron chi connectivity index (χ4n) is 2.36. The molecule has 1 heterocycles. The lowest BCUT2D eigenvalue weighted by Gasteiger charge is -2.05. The van der Waals surface area contributed by atoms with Crippen molar-refractivity contribution in [3.63, 3.8) is 0 Å². The maximum Gasteiger partial charge on any atom is 0.339 e. The van der Waals surface area contributed by atoms with E-state index in [9.17, 15) is 19.5 Å². The Kier molecular flexibility index (Phi) is 4.95. The van der Waals surface area contributed by atoms with Crippen molar-refractivity contribution in [2.75, 3.05) is 11.9 Å². The summed E-state index contributed by atoms with van der Waals surface area (Å²) in [7, 11) is 0. The van der Waals surface area contributed by atoms with E-state index in [2.05, 4.69) is 5.32 Å². The Hall–Kier alpha value is -1.89. The first-order valence-corrected chi connectivity index (χ1v) is 7.67. The molecule has 7 heteroatoms. The molecular formula is C14H17NO5S. The lowest BCUT2D eigenvalue weighted by molar-refractivity contribution is -0.144. The summed E-state index contributed by atoms with van der Waals surface area (Å²) in [5.41, 5.74) is 1.05. The molecule has 0 aliphatic heterocycles. The quantitative estimate of drug-likeness (QED) is 0.786. The van der Waals surface area contributed by atoms with Crippen LogP contribution >= 0.6 is 11.3 Å². The largest absolute Gasteiger partial charge is 0.478 e. The predicted molar refractivity (Wildman–Crippen MR) is 77.8 cm³/mol. The van der Waals surface area contributed by atoms with Gasteiger partial charge in [-0.15, -0.1) is 11.3 Å². The highest BCUT2D eigenvalue weighted by Crippen LogP contribution is 2.39. The third kappa shape index (κ3) is 3.60. The van der Waals surface area contributed by atoms with Gasteiger partial charge >= 0.3 is 11.9 Å². The molecule has 1 aliphatic rings. The van der Waals surface area contributed by atoms with Crippen LogP contribution in [0.3, 0.4) is 0 Å². The number of aromatic carboxylic acids is 1. The second kappa shape index (κ2) is 6.71. The number of nitrogens with one attached hydrogen (secondary N) is 1. The van der Waals surface area contributed by atoms with Gasteiger partial charge < -0.3 is 15.2 Å². The summed E-state index contributed by atoms with van der Waals surface area (Å²) in [5, 5.41) is 12.3. The van der Waals surface area contributed by atoms with E-state index in [1.54, 1.807) is 6.92 Å². The summed E-state index contributed by atoms with van der Waals surface area (Å²) in [4.78, 5) is 35.4. The average Bonchev–Trinajstić information content (AvgIpc) is 2.96. The third-order valence-electron chi connectivity index (χ3n) is 3.25. The molecule has 2 N–H and O–H groups in total. The number of carbonyl (C=O) groups excluding carboxylic acids is 2. The predicted octanol–water partition coefficient (Wildman–Crippen LogP) is 2.22. The van der Waals surface area contributed by atoms with Crippen molar-refractivity contribution in [1.29, 1.82) is 0 Å². The van der Waals surface area contributed by atoms with Crippen LogP contribution < -0.4 is 5.32 Å². The van der Waals surface area contributed by atoms with Crippen LogP contribution in [0.5, 0.6) is 0 Å². The summed E-state index contributed by atoms with van der Waals surface area (Å²) in [6.07, 6.45) is 2.54. The maximum atomic E-state index is 11.8. The van der Waals surface area contributed by atoms with Gasteiger partial charge in [-0.1, -0.05) is 0 Å². The Bertz CT molecular complexity index is 578. The van der Waals surface area contributed by atoms with Gasteiger partial charge in [-0.05, 0) is 31.7 Å². The average molecular weight is 311 g/mol. The second-order valence-corrected chi connectivity index (χ2v) is 5.82. The molecule has 1 aromatic rings. The van der Waals surface area contributed by atoms with E-state index >= 15 is 0 Å². The van der Waals surface area contributed by atoms with Gasteiger partial charge in [0.05, 0.1) is 18.6 Å². The number of hydrogen-bond donors (Lipinski definition) is 2. The highest BCUT2D eigenvalue weighted by molar-refractivity contribution is 7.17. The van der Waals surface area contributed by atoms with Gasteiger partial charge in [0, 0.05) is 11.3 Å². The van der Waals surface area contributed by atoms with E-state index in [0.717, 1.165) is 29.7 Å². The monoisotopic (exact) mass is 311 g/mol. The van der Waals surface area contributed by atoms with Crippen LogP contribution in [0.1, 0.15) is 47.0 Å². The molecule has 21 heavy (non-hydrogen) atoms. The zero-order chi connectivity index (χ0) is 15.4. The Morgan fingerprint density at radius 2 is 2.05 bits per heavy atom. The van der Waals surface area contributed by atoms with E-state index in [0.29, 0.717) is 5.00 Å². The topological polar surface area (TPSA) is 92.7 Å².